The number of hydrogen-bond acceptors (Lipinski definition) is 4. The van der Waals surface area contributed by atoms with Crippen LogP contribution >= 0.6 is 11.3 Å². The van der Waals surface area contributed by atoms with Crippen LogP contribution in [0.25, 0.3) is 0 Å². The summed E-state index contributed by atoms with van der Waals surface area (Å²) in [5, 5.41) is 17.7. The third kappa shape index (κ3) is 5.46. The van der Waals surface area contributed by atoms with Gasteiger partial charge in [0.2, 0.25) is 5.91 Å². The summed E-state index contributed by atoms with van der Waals surface area (Å²) >= 11 is 1.45. The molecular weight excluding hydrogens is 240 g/mol. The molecule has 0 bridgehead atoms. The Morgan fingerprint density at radius 2 is 2.24 bits per heavy atom. The number of aliphatic hydroxyl groups is 1. The van der Waals surface area contributed by atoms with Gasteiger partial charge in [-0.25, -0.2) is 0 Å². The van der Waals surface area contributed by atoms with Gasteiger partial charge in [-0.2, -0.15) is 11.3 Å². The number of carbonyl (C=O) groups excluding carboxylic acids is 2. The van der Waals surface area contributed by atoms with Gasteiger partial charge < -0.3 is 15.7 Å². The van der Waals surface area contributed by atoms with E-state index in [0.29, 0.717) is 12.1 Å². The van der Waals surface area contributed by atoms with Crippen molar-refractivity contribution in [3.05, 3.63) is 22.4 Å². The van der Waals surface area contributed by atoms with Crippen molar-refractivity contribution in [3.8, 4) is 0 Å². The van der Waals surface area contributed by atoms with Crippen LogP contribution in [0.3, 0.4) is 0 Å². The van der Waals surface area contributed by atoms with Crippen molar-refractivity contribution >= 4 is 23.2 Å². The van der Waals surface area contributed by atoms with Gasteiger partial charge in [-0.05, 0) is 18.4 Å². The van der Waals surface area contributed by atoms with Crippen LogP contribution in [0.2, 0.25) is 0 Å². The molecule has 1 heterocycles. The Morgan fingerprint density at radius 3 is 2.82 bits per heavy atom. The Labute approximate surface area is 104 Å². The van der Waals surface area contributed by atoms with Crippen molar-refractivity contribution < 1.29 is 14.7 Å². The fraction of sp³-hybridized carbons (Fsp3) is 0.455. The van der Waals surface area contributed by atoms with E-state index >= 15 is 0 Å². The van der Waals surface area contributed by atoms with E-state index in [9.17, 15) is 9.59 Å². The van der Waals surface area contributed by atoms with Gasteiger partial charge in [0.25, 0.3) is 5.91 Å². The topological polar surface area (TPSA) is 78.4 Å². The molecule has 5 nitrogen and oxygen atoms in total. The quantitative estimate of drug-likeness (QED) is 0.688. The highest BCUT2D eigenvalue weighted by Crippen LogP contribution is 2.04. The molecule has 0 fully saturated rings. The summed E-state index contributed by atoms with van der Waals surface area (Å²) in [6.07, 6.45) is -0.345. The number of aliphatic hydroxyl groups excluding tert-OH is 1. The van der Waals surface area contributed by atoms with E-state index in [-0.39, 0.29) is 24.8 Å². The largest absolute Gasteiger partial charge is 0.392 e. The lowest BCUT2D eigenvalue weighted by molar-refractivity contribution is -0.121. The van der Waals surface area contributed by atoms with Crippen LogP contribution in [0.4, 0.5) is 0 Å². The van der Waals surface area contributed by atoms with Crippen molar-refractivity contribution in [2.24, 2.45) is 0 Å². The van der Waals surface area contributed by atoms with Gasteiger partial charge in [0.05, 0.1) is 6.10 Å². The average Bonchev–Trinajstić information content (AvgIpc) is 2.79. The second-order valence-electron chi connectivity index (χ2n) is 3.67. The van der Waals surface area contributed by atoms with Crippen LogP contribution < -0.4 is 10.6 Å². The molecular formula is C11H16N2O3S. The molecule has 0 saturated heterocycles. The molecule has 2 amide bonds. The SMILES string of the molecule is C[C@H](O)CNC(=O)CCNC(=O)c1ccsc1. The molecule has 0 aromatic carbocycles. The monoisotopic (exact) mass is 256 g/mol. The van der Waals surface area contributed by atoms with Gasteiger partial charge in [0, 0.05) is 30.5 Å². The minimum Gasteiger partial charge on any atom is -0.392 e. The lowest BCUT2D eigenvalue weighted by Gasteiger charge is -2.07. The van der Waals surface area contributed by atoms with E-state index in [2.05, 4.69) is 10.6 Å². The van der Waals surface area contributed by atoms with Crippen LogP contribution in [-0.2, 0) is 4.79 Å². The molecule has 3 N–H and O–H groups in total. The molecule has 6 heteroatoms. The maximum atomic E-state index is 11.5. The Bertz CT molecular complexity index is 363. The fourth-order valence-corrected chi connectivity index (χ4v) is 1.77. The van der Waals surface area contributed by atoms with Crippen LogP contribution in [0.1, 0.15) is 23.7 Å². The predicted molar refractivity (Wildman–Crippen MR) is 66.0 cm³/mol. The third-order valence-corrected chi connectivity index (χ3v) is 2.70. The average molecular weight is 256 g/mol. The van der Waals surface area contributed by atoms with Crippen molar-refractivity contribution in [3.63, 3.8) is 0 Å². The highest BCUT2D eigenvalue weighted by molar-refractivity contribution is 7.08. The van der Waals surface area contributed by atoms with Crippen LogP contribution in [0.5, 0.6) is 0 Å². The van der Waals surface area contributed by atoms with Gasteiger partial charge in [0.15, 0.2) is 0 Å². The van der Waals surface area contributed by atoms with Gasteiger partial charge in [-0.1, -0.05) is 0 Å². The normalized spacial score (nSPS) is 11.9. The molecule has 1 aromatic heterocycles. The number of thiophene rings is 1. The van der Waals surface area contributed by atoms with E-state index in [1.165, 1.54) is 11.3 Å². The van der Waals surface area contributed by atoms with E-state index in [1.807, 2.05) is 5.38 Å². The Morgan fingerprint density at radius 1 is 1.47 bits per heavy atom. The van der Waals surface area contributed by atoms with Crippen LogP contribution in [0, 0.1) is 0 Å². The Kier molecular flexibility index (Phi) is 5.65. The molecule has 0 spiro atoms. The maximum Gasteiger partial charge on any atom is 0.252 e. The van der Waals surface area contributed by atoms with Crippen molar-refractivity contribution in [2.45, 2.75) is 19.4 Å². The van der Waals surface area contributed by atoms with E-state index in [1.54, 1.807) is 18.4 Å². The molecule has 1 aromatic rings. The van der Waals surface area contributed by atoms with Crippen molar-refractivity contribution in [1.82, 2.24) is 10.6 Å². The molecule has 1 rings (SSSR count). The van der Waals surface area contributed by atoms with E-state index < -0.39 is 6.10 Å². The number of carbonyl (C=O) groups is 2. The highest BCUT2D eigenvalue weighted by Gasteiger charge is 2.06. The zero-order valence-electron chi connectivity index (χ0n) is 9.60. The minimum atomic E-state index is -0.556. The van der Waals surface area contributed by atoms with Gasteiger partial charge in [0.1, 0.15) is 0 Å². The molecule has 0 unspecified atom stereocenters. The second-order valence-corrected chi connectivity index (χ2v) is 4.45. The minimum absolute atomic E-state index is 0.172. The zero-order chi connectivity index (χ0) is 12.7. The summed E-state index contributed by atoms with van der Waals surface area (Å²) in [5.41, 5.74) is 0.611. The first-order valence-electron chi connectivity index (χ1n) is 5.34. The summed E-state index contributed by atoms with van der Waals surface area (Å²) in [7, 11) is 0. The highest BCUT2D eigenvalue weighted by atomic mass is 32.1. The number of rotatable bonds is 6. The van der Waals surface area contributed by atoms with Crippen molar-refractivity contribution in [2.75, 3.05) is 13.1 Å². The maximum absolute atomic E-state index is 11.5. The van der Waals surface area contributed by atoms with Crippen LogP contribution in [-0.4, -0.2) is 36.1 Å². The van der Waals surface area contributed by atoms with Gasteiger partial charge >= 0.3 is 0 Å². The lowest BCUT2D eigenvalue weighted by Crippen LogP contribution is -2.34. The Balaban J connectivity index is 2.15. The third-order valence-electron chi connectivity index (χ3n) is 2.02. The molecule has 1 atom stereocenters. The standard InChI is InChI=1S/C11H16N2O3S/c1-8(14)6-13-10(15)2-4-12-11(16)9-3-5-17-7-9/h3,5,7-8,14H,2,4,6H2,1H3,(H,12,16)(H,13,15)/t8-/m0/s1. The Hall–Kier alpha value is -1.40. The van der Waals surface area contributed by atoms with Gasteiger partial charge in [-0.15, -0.1) is 0 Å². The lowest BCUT2D eigenvalue weighted by atomic mass is 10.3. The number of hydrogen-bond donors (Lipinski definition) is 3. The summed E-state index contributed by atoms with van der Waals surface area (Å²) in [4.78, 5) is 22.7. The summed E-state index contributed by atoms with van der Waals surface area (Å²) in [5.74, 6) is -0.355. The molecule has 17 heavy (non-hydrogen) atoms. The molecule has 0 saturated carbocycles. The number of amides is 2. The fourth-order valence-electron chi connectivity index (χ4n) is 1.14. The molecule has 0 aliphatic rings. The zero-order valence-corrected chi connectivity index (χ0v) is 10.4. The smallest absolute Gasteiger partial charge is 0.252 e. The van der Waals surface area contributed by atoms with E-state index in [4.69, 9.17) is 5.11 Å². The van der Waals surface area contributed by atoms with E-state index in [0.717, 1.165) is 0 Å². The summed E-state index contributed by atoms with van der Waals surface area (Å²) in [6, 6.07) is 1.73. The summed E-state index contributed by atoms with van der Waals surface area (Å²) < 4.78 is 0. The molecule has 94 valence electrons. The summed E-state index contributed by atoms with van der Waals surface area (Å²) in [6.45, 7) is 2.12. The number of nitrogens with one attached hydrogen (secondary N) is 2. The first-order valence-corrected chi connectivity index (χ1v) is 6.29. The van der Waals surface area contributed by atoms with Crippen LogP contribution in [0.15, 0.2) is 16.8 Å². The predicted octanol–water partition coefficient (Wildman–Crippen LogP) is 0.365. The van der Waals surface area contributed by atoms with Crippen molar-refractivity contribution in [1.29, 1.82) is 0 Å². The first-order chi connectivity index (χ1) is 8.09. The van der Waals surface area contributed by atoms with Gasteiger partial charge in [-0.3, -0.25) is 9.59 Å². The second kappa shape index (κ2) is 7.03. The first kappa shape index (κ1) is 13.7. The molecule has 0 aliphatic carbocycles. The molecule has 0 radical (unpaired) electrons. The molecule has 0 aliphatic heterocycles.